The van der Waals surface area contributed by atoms with Gasteiger partial charge in [0.25, 0.3) is 0 Å². The molecular formula is C20H24O5. The summed E-state index contributed by atoms with van der Waals surface area (Å²) in [5.41, 5.74) is 2.26. The number of benzene rings is 1. The molecule has 0 amide bonds. The van der Waals surface area contributed by atoms with Gasteiger partial charge in [0, 0.05) is 25.2 Å². The van der Waals surface area contributed by atoms with E-state index in [9.17, 15) is 9.59 Å². The van der Waals surface area contributed by atoms with E-state index in [1.807, 2.05) is 12.1 Å². The Morgan fingerprint density at radius 3 is 2.56 bits per heavy atom. The highest BCUT2D eigenvalue weighted by Crippen LogP contribution is 2.50. The van der Waals surface area contributed by atoms with E-state index in [4.69, 9.17) is 14.2 Å². The second-order valence-electron chi connectivity index (χ2n) is 7.14. The summed E-state index contributed by atoms with van der Waals surface area (Å²) >= 11 is 0. The molecule has 25 heavy (non-hydrogen) atoms. The quantitative estimate of drug-likeness (QED) is 0.474. The number of carbonyl (C=O) groups is 2. The fourth-order valence-electron chi connectivity index (χ4n) is 3.72. The van der Waals surface area contributed by atoms with Crippen LogP contribution in [0.2, 0.25) is 0 Å². The maximum Gasteiger partial charge on any atom is 0.308 e. The Labute approximate surface area is 148 Å². The van der Waals surface area contributed by atoms with Crippen molar-refractivity contribution in [3.8, 4) is 5.75 Å². The number of esters is 2. The molecule has 2 bridgehead atoms. The third-order valence-electron chi connectivity index (χ3n) is 5.08. The lowest BCUT2D eigenvalue weighted by Crippen LogP contribution is -2.44. The number of fused-ring (bicyclic) bond motifs is 2. The van der Waals surface area contributed by atoms with Crippen molar-refractivity contribution in [1.82, 2.24) is 0 Å². The second-order valence-corrected chi connectivity index (χ2v) is 7.14. The van der Waals surface area contributed by atoms with Crippen LogP contribution in [0.5, 0.6) is 5.75 Å². The maximum atomic E-state index is 11.2. The average molecular weight is 344 g/mol. The van der Waals surface area contributed by atoms with Crippen LogP contribution < -0.4 is 4.74 Å². The van der Waals surface area contributed by atoms with E-state index in [1.165, 1.54) is 19.4 Å². The van der Waals surface area contributed by atoms with Crippen LogP contribution >= 0.6 is 0 Å². The highest BCUT2D eigenvalue weighted by molar-refractivity contribution is 5.69. The van der Waals surface area contributed by atoms with Crippen molar-refractivity contribution in [3.63, 3.8) is 0 Å². The molecule has 3 unspecified atom stereocenters. The molecule has 5 heteroatoms. The Morgan fingerprint density at radius 1 is 1.20 bits per heavy atom. The van der Waals surface area contributed by atoms with Crippen LogP contribution in [0, 0.1) is 11.3 Å². The molecule has 0 aromatic heterocycles. The number of carbonyl (C=O) groups excluding carboxylic acids is 2. The number of rotatable bonds is 4. The standard InChI is InChI=1S/C20H24O5/c1-13-8-9-20(11-23-14(2)21)10-18(13)19(24-12-20)16-4-6-17(7-5-16)25-15(3)22/h4-8,18-19H,9-12H2,1-3H3. The van der Waals surface area contributed by atoms with Crippen molar-refractivity contribution >= 4 is 11.9 Å². The van der Waals surface area contributed by atoms with Crippen LogP contribution in [0.15, 0.2) is 35.9 Å². The van der Waals surface area contributed by atoms with Gasteiger partial charge in [-0.15, -0.1) is 0 Å². The smallest absolute Gasteiger partial charge is 0.308 e. The Balaban J connectivity index is 1.76. The molecule has 1 aliphatic carbocycles. The number of hydrogen-bond acceptors (Lipinski definition) is 5. The Kier molecular flexibility index (Phi) is 4.95. The first-order valence-electron chi connectivity index (χ1n) is 8.59. The van der Waals surface area contributed by atoms with Gasteiger partial charge >= 0.3 is 11.9 Å². The third kappa shape index (κ3) is 3.93. The van der Waals surface area contributed by atoms with Crippen molar-refractivity contribution in [2.75, 3.05) is 13.2 Å². The molecule has 134 valence electrons. The fraction of sp³-hybridized carbons (Fsp3) is 0.500. The molecule has 2 aliphatic rings. The van der Waals surface area contributed by atoms with E-state index in [-0.39, 0.29) is 29.4 Å². The van der Waals surface area contributed by atoms with E-state index >= 15 is 0 Å². The highest BCUT2D eigenvalue weighted by atomic mass is 16.5. The monoisotopic (exact) mass is 344 g/mol. The highest BCUT2D eigenvalue weighted by Gasteiger charge is 2.45. The predicted molar refractivity (Wildman–Crippen MR) is 92.0 cm³/mol. The second kappa shape index (κ2) is 7.00. The topological polar surface area (TPSA) is 61.8 Å². The zero-order valence-electron chi connectivity index (χ0n) is 14.9. The zero-order chi connectivity index (χ0) is 18.0. The third-order valence-corrected chi connectivity index (χ3v) is 5.08. The number of allylic oxidation sites excluding steroid dienone is 1. The number of hydrogen-bond donors (Lipinski definition) is 0. The lowest BCUT2D eigenvalue weighted by atomic mass is 9.66. The minimum Gasteiger partial charge on any atom is -0.465 e. The van der Waals surface area contributed by atoms with Crippen molar-refractivity contribution < 1.29 is 23.8 Å². The van der Waals surface area contributed by atoms with Crippen molar-refractivity contribution in [2.24, 2.45) is 11.3 Å². The normalized spacial score (nSPS) is 28.0. The van der Waals surface area contributed by atoms with Gasteiger partial charge in [-0.1, -0.05) is 23.8 Å². The molecule has 3 rings (SSSR count). The summed E-state index contributed by atoms with van der Waals surface area (Å²) in [6.45, 7) is 5.93. The Hall–Kier alpha value is -2.14. The maximum absolute atomic E-state index is 11.2. The lowest BCUT2D eigenvalue weighted by Gasteiger charge is -2.47. The molecular weight excluding hydrogens is 320 g/mol. The first-order valence-corrected chi connectivity index (χ1v) is 8.59. The zero-order valence-corrected chi connectivity index (χ0v) is 14.9. The first-order chi connectivity index (χ1) is 11.9. The summed E-state index contributed by atoms with van der Waals surface area (Å²) in [4.78, 5) is 22.2. The minimum atomic E-state index is -0.331. The van der Waals surface area contributed by atoms with Gasteiger partial charge in [0.05, 0.1) is 19.3 Å². The van der Waals surface area contributed by atoms with Gasteiger partial charge in [-0.05, 0) is 37.5 Å². The largest absolute Gasteiger partial charge is 0.465 e. The van der Waals surface area contributed by atoms with Crippen LogP contribution in [-0.4, -0.2) is 25.2 Å². The van der Waals surface area contributed by atoms with Crippen molar-refractivity contribution in [1.29, 1.82) is 0 Å². The fourth-order valence-corrected chi connectivity index (χ4v) is 3.72. The van der Waals surface area contributed by atoms with Gasteiger partial charge in [-0.2, -0.15) is 0 Å². The van der Waals surface area contributed by atoms with Crippen LogP contribution in [0.4, 0.5) is 0 Å². The van der Waals surface area contributed by atoms with E-state index < -0.39 is 0 Å². The molecule has 0 radical (unpaired) electrons. The molecule has 0 saturated carbocycles. The SMILES string of the molecule is CC(=O)OCC12CC=C(C)C(C1)C(c1ccc(OC(C)=O)cc1)OC2. The molecule has 1 aromatic rings. The van der Waals surface area contributed by atoms with E-state index in [2.05, 4.69) is 13.0 Å². The number of ether oxygens (including phenoxy) is 3. The van der Waals surface area contributed by atoms with Gasteiger partial charge in [-0.25, -0.2) is 0 Å². The summed E-state index contributed by atoms with van der Waals surface area (Å²) in [5.74, 6) is 0.216. The molecule has 0 N–H and O–H groups in total. The molecule has 0 spiro atoms. The van der Waals surface area contributed by atoms with Gasteiger partial charge in [0.1, 0.15) is 5.75 Å². The van der Waals surface area contributed by atoms with E-state index in [1.54, 1.807) is 12.1 Å². The molecule has 3 atom stereocenters. The molecule has 1 aromatic carbocycles. The summed E-state index contributed by atoms with van der Waals surface area (Å²) in [6.07, 6.45) is 4.04. The van der Waals surface area contributed by atoms with Crippen molar-refractivity contribution in [2.45, 2.75) is 39.7 Å². The molecule has 1 aliphatic heterocycles. The van der Waals surface area contributed by atoms with Crippen LogP contribution in [0.25, 0.3) is 0 Å². The molecule has 1 fully saturated rings. The summed E-state index contributed by atoms with van der Waals surface area (Å²) in [7, 11) is 0. The molecule has 5 nitrogen and oxygen atoms in total. The Bertz CT molecular complexity index is 691. The van der Waals surface area contributed by atoms with Crippen LogP contribution in [-0.2, 0) is 19.1 Å². The van der Waals surface area contributed by atoms with Crippen LogP contribution in [0.1, 0.15) is 45.3 Å². The molecule has 1 heterocycles. The van der Waals surface area contributed by atoms with Gasteiger partial charge < -0.3 is 14.2 Å². The minimum absolute atomic E-state index is 0.0339. The van der Waals surface area contributed by atoms with Crippen molar-refractivity contribution in [3.05, 3.63) is 41.5 Å². The summed E-state index contributed by atoms with van der Waals surface area (Å²) in [5, 5.41) is 0. The van der Waals surface area contributed by atoms with E-state index in [0.29, 0.717) is 19.0 Å². The summed E-state index contributed by atoms with van der Waals surface area (Å²) < 4.78 is 16.6. The van der Waals surface area contributed by atoms with Gasteiger partial charge in [0.2, 0.25) is 0 Å². The van der Waals surface area contributed by atoms with Crippen LogP contribution in [0.3, 0.4) is 0 Å². The average Bonchev–Trinajstić information content (AvgIpc) is 2.58. The van der Waals surface area contributed by atoms with Gasteiger partial charge in [0.15, 0.2) is 0 Å². The Morgan fingerprint density at radius 2 is 1.92 bits per heavy atom. The predicted octanol–water partition coefficient (Wildman–Crippen LogP) is 3.59. The van der Waals surface area contributed by atoms with Gasteiger partial charge in [-0.3, -0.25) is 9.59 Å². The van der Waals surface area contributed by atoms with E-state index in [0.717, 1.165) is 18.4 Å². The first kappa shape index (κ1) is 17.7. The summed E-state index contributed by atoms with van der Waals surface area (Å²) in [6, 6.07) is 7.49. The lowest BCUT2D eigenvalue weighted by molar-refractivity contribution is -0.156. The molecule has 1 saturated heterocycles.